The number of anilines is 2. The second kappa shape index (κ2) is 8.44. The number of rotatable bonds is 6. The van der Waals surface area contributed by atoms with Gasteiger partial charge in [0, 0.05) is 16.8 Å². The molecule has 2 N–H and O–H groups in total. The van der Waals surface area contributed by atoms with Crippen LogP contribution in [0, 0.1) is 0 Å². The van der Waals surface area contributed by atoms with Crippen molar-refractivity contribution in [1.29, 1.82) is 0 Å². The normalized spacial score (nSPS) is 11.1. The summed E-state index contributed by atoms with van der Waals surface area (Å²) in [6.45, 7) is 0. The van der Waals surface area contributed by atoms with Crippen LogP contribution in [0.25, 0.3) is 10.6 Å². The first-order chi connectivity index (χ1) is 14.5. The zero-order chi connectivity index (χ0) is 21.0. The predicted molar refractivity (Wildman–Crippen MR) is 117 cm³/mol. The topological polar surface area (TPSA) is 101 Å². The lowest BCUT2D eigenvalue weighted by atomic mass is 10.2. The molecule has 1 amide bonds. The monoisotopic (exact) mass is 436 g/mol. The summed E-state index contributed by atoms with van der Waals surface area (Å²) in [5.74, 6) is -0.411. The molecule has 9 heteroatoms. The summed E-state index contributed by atoms with van der Waals surface area (Å²) in [7, 11) is -3.74. The van der Waals surface area contributed by atoms with Gasteiger partial charge in [-0.05, 0) is 30.3 Å². The Hall–Kier alpha value is -3.56. The van der Waals surface area contributed by atoms with E-state index < -0.39 is 15.9 Å². The lowest BCUT2D eigenvalue weighted by Crippen LogP contribution is -2.15. The minimum atomic E-state index is -3.74. The fourth-order valence-corrected chi connectivity index (χ4v) is 4.49. The molecule has 3 aromatic carbocycles. The Morgan fingerprint density at radius 1 is 0.833 bits per heavy atom. The summed E-state index contributed by atoms with van der Waals surface area (Å²) in [6, 6.07) is 23.8. The van der Waals surface area contributed by atoms with Gasteiger partial charge >= 0.3 is 0 Å². The van der Waals surface area contributed by atoms with Crippen molar-refractivity contribution in [1.82, 2.24) is 10.2 Å². The zero-order valence-electron chi connectivity index (χ0n) is 15.5. The van der Waals surface area contributed by atoms with E-state index in [0.29, 0.717) is 15.7 Å². The lowest BCUT2D eigenvalue weighted by molar-refractivity contribution is 0.102. The highest BCUT2D eigenvalue weighted by Crippen LogP contribution is 2.26. The van der Waals surface area contributed by atoms with Crippen LogP contribution >= 0.6 is 11.3 Å². The number of benzene rings is 3. The van der Waals surface area contributed by atoms with Gasteiger partial charge in [-0.2, -0.15) is 0 Å². The molecule has 0 aliphatic rings. The van der Waals surface area contributed by atoms with E-state index in [4.69, 9.17) is 0 Å². The smallest absolute Gasteiger partial charge is 0.261 e. The summed E-state index contributed by atoms with van der Waals surface area (Å²) in [4.78, 5) is 12.7. The number of carbonyl (C=O) groups excluding carboxylic acids is 1. The quantitative estimate of drug-likeness (QED) is 0.470. The first kappa shape index (κ1) is 19.7. The Morgan fingerprint density at radius 3 is 2.27 bits per heavy atom. The Kier molecular flexibility index (Phi) is 5.55. The van der Waals surface area contributed by atoms with Gasteiger partial charge < -0.3 is 0 Å². The number of nitrogens with zero attached hydrogens (tertiary/aromatic N) is 2. The Morgan fingerprint density at radius 2 is 1.53 bits per heavy atom. The molecule has 0 fully saturated rings. The van der Waals surface area contributed by atoms with Crippen molar-refractivity contribution in [2.75, 3.05) is 10.0 Å². The molecule has 0 atom stereocenters. The summed E-state index contributed by atoms with van der Waals surface area (Å²) in [5.41, 5.74) is 1.49. The minimum Gasteiger partial charge on any atom is -0.296 e. The Balaban J connectivity index is 1.49. The van der Waals surface area contributed by atoms with Gasteiger partial charge in [0.15, 0.2) is 0 Å². The van der Waals surface area contributed by atoms with Crippen LogP contribution in [-0.4, -0.2) is 24.5 Å². The van der Waals surface area contributed by atoms with E-state index in [-0.39, 0.29) is 10.6 Å². The van der Waals surface area contributed by atoms with Crippen LogP contribution in [0.1, 0.15) is 10.4 Å². The van der Waals surface area contributed by atoms with E-state index in [9.17, 15) is 13.2 Å². The molecule has 4 rings (SSSR count). The molecule has 0 saturated carbocycles. The fraction of sp³-hybridized carbons (Fsp3) is 0. The maximum absolute atomic E-state index is 12.6. The highest BCUT2D eigenvalue weighted by molar-refractivity contribution is 7.92. The maximum Gasteiger partial charge on any atom is 0.261 e. The van der Waals surface area contributed by atoms with Gasteiger partial charge in [-0.15, -0.1) is 10.2 Å². The molecule has 0 aliphatic heterocycles. The zero-order valence-corrected chi connectivity index (χ0v) is 17.2. The van der Waals surface area contributed by atoms with Crippen LogP contribution < -0.4 is 10.0 Å². The van der Waals surface area contributed by atoms with Gasteiger partial charge in [-0.3, -0.25) is 14.8 Å². The SMILES string of the molecule is O=C(Nc1nnc(-c2ccccc2)s1)c1cccc(NS(=O)(=O)c2ccccc2)c1. The maximum atomic E-state index is 12.6. The van der Waals surface area contributed by atoms with Crippen LogP contribution in [0.5, 0.6) is 0 Å². The van der Waals surface area contributed by atoms with Gasteiger partial charge in [0.2, 0.25) is 5.13 Å². The first-order valence-electron chi connectivity index (χ1n) is 8.89. The second-order valence-corrected chi connectivity index (χ2v) is 8.89. The molecule has 0 bridgehead atoms. The number of nitrogens with one attached hydrogen (secondary N) is 2. The van der Waals surface area contributed by atoms with E-state index in [1.165, 1.54) is 29.5 Å². The number of amides is 1. The van der Waals surface area contributed by atoms with Crippen molar-refractivity contribution in [3.05, 3.63) is 90.5 Å². The van der Waals surface area contributed by atoms with Crippen molar-refractivity contribution in [2.45, 2.75) is 4.90 Å². The lowest BCUT2D eigenvalue weighted by Gasteiger charge is -2.09. The molecule has 0 saturated heterocycles. The van der Waals surface area contributed by atoms with Gasteiger partial charge in [-0.25, -0.2) is 8.42 Å². The van der Waals surface area contributed by atoms with E-state index in [1.807, 2.05) is 30.3 Å². The third-order valence-electron chi connectivity index (χ3n) is 4.10. The highest BCUT2D eigenvalue weighted by Gasteiger charge is 2.15. The third kappa shape index (κ3) is 4.53. The first-order valence-corrected chi connectivity index (χ1v) is 11.2. The van der Waals surface area contributed by atoms with Crippen LogP contribution in [0.3, 0.4) is 0 Å². The van der Waals surface area contributed by atoms with Crippen LogP contribution in [0.4, 0.5) is 10.8 Å². The van der Waals surface area contributed by atoms with Gasteiger partial charge in [0.05, 0.1) is 4.90 Å². The van der Waals surface area contributed by atoms with Crippen LogP contribution in [0.15, 0.2) is 89.8 Å². The average Bonchev–Trinajstić information content (AvgIpc) is 3.23. The van der Waals surface area contributed by atoms with Gasteiger partial charge in [0.25, 0.3) is 15.9 Å². The van der Waals surface area contributed by atoms with Gasteiger partial charge in [0.1, 0.15) is 5.01 Å². The molecule has 0 spiro atoms. The number of aromatic nitrogens is 2. The van der Waals surface area contributed by atoms with E-state index >= 15 is 0 Å². The second-order valence-electron chi connectivity index (χ2n) is 6.23. The number of sulfonamides is 1. The van der Waals surface area contributed by atoms with Crippen LogP contribution in [0.2, 0.25) is 0 Å². The molecule has 1 heterocycles. The van der Waals surface area contributed by atoms with Crippen molar-refractivity contribution >= 4 is 38.1 Å². The van der Waals surface area contributed by atoms with E-state index in [2.05, 4.69) is 20.2 Å². The largest absolute Gasteiger partial charge is 0.296 e. The molecular weight excluding hydrogens is 420 g/mol. The van der Waals surface area contributed by atoms with Crippen molar-refractivity contribution < 1.29 is 13.2 Å². The van der Waals surface area contributed by atoms with E-state index in [0.717, 1.165) is 5.56 Å². The summed E-state index contributed by atoms with van der Waals surface area (Å²) >= 11 is 1.25. The number of carbonyl (C=O) groups is 1. The van der Waals surface area contributed by atoms with Crippen molar-refractivity contribution in [2.24, 2.45) is 0 Å². The highest BCUT2D eigenvalue weighted by atomic mass is 32.2. The molecule has 4 aromatic rings. The standard InChI is InChI=1S/C21H16N4O3S2/c26-19(22-21-24-23-20(29-21)15-8-3-1-4-9-15)16-10-7-11-17(14-16)25-30(27,28)18-12-5-2-6-13-18/h1-14,25H,(H,22,24,26). The number of hydrogen-bond donors (Lipinski definition) is 2. The molecule has 30 heavy (non-hydrogen) atoms. The summed E-state index contributed by atoms with van der Waals surface area (Å²) in [6.07, 6.45) is 0. The Labute approximate surface area is 177 Å². The van der Waals surface area contributed by atoms with Crippen LogP contribution in [-0.2, 0) is 10.0 Å². The molecule has 1 aromatic heterocycles. The third-order valence-corrected chi connectivity index (χ3v) is 6.38. The minimum absolute atomic E-state index is 0.141. The average molecular weight is 437 g/mol. The fourth-order valence-electron chi connectivity index (χ4n) is 2.68. The van der Waals surface area contributed by atoms with Crippen molar-refractivity contribution in [3.8, 4) is 10.6 Å². The molecule has 7 nitrogen and oxygen atoms in total. The summed E-state index contributed by atoms with van der Waals surface area (Å²) < 4.78 is 27.5. The molecular formula is C21H16N4O3S2. The summed E-state index contributed by atoms with van der Waals surface area (Å²) in [5, 5.41) is 11.8. The molecule has 0 aliphatic carbocycles. The number of hydrogen-bond acceptors (Lipinski definition) is 6. The van der Waals surface area contributed by atoms with E-state index in [1.54, 1.807) is 36.4 Å². The molecule has 0 radical (unpaired) electrons. The van der Waals surface area contributed by atoms with Crippen molar-refractivity contribution in [3.63, 3.8) is 0 Å². The predicted octanol–water partition coefficient (Wildman–Crippen LogP) is 4.26. The Bertz CT molecular complexity index is 1270. The molecule has 150 valence electrons. The molecule has 0 unspecified atom stereocenters. The van der Waals surface area contributed by atoms with Gasteiger partial charge in [-0.1, -0.05) is 65.9 Å².